The second-order valence-electron chi connectivity index (χ2n) is 16.9. The summed E-state index contributed by atoms with van der Waals surface area (Å²) in [7, 11) is 2.08. The zero-order valence-electron chi connectivity index (χ0n) is 40.4. The fraction of sp³-hybridized carbons (Fsp3) is 0.200. The molecule has 0 saturated carbocycles. The molecule has 0 heterocycles. The van der Waals surface area contributed by atoms with Crippen LogP contribution in [-0.4, -0.2) is 85.2 Å². The minimum Gasteiger partial charge on any atom is -0.493 e. The quantitative estimate of drug-likeness (QED) is 0.0146. The van der Waals surface area contributed by atoms with E-state index >= 15 is 0 Å². The number of benzene rings is 6. The van der Waals surface area contributed by atoms with Crippen LogP contribution in [0, 0.1) is 5.41 Å². The molecule has 6 N–H and O–H groups in total. The van der Waals surface area contributed by atoms with Gasteiger partial charge in [-0.3, -0.25) is 9.59 Å². The number of esters is 2. The van der Waals surface area contributed by atoms with Gasteiger partial charge in [0, 0.05) is 16.8 Å². The van der Waals surface area contributed by atoms with E-state index in [2.05, 4.69) is 9.47 Å². The minimum atomic E-state index is -4.84. The maximum Gasteiger partial charge on any atom is 0.461 e. The van der Waals surface area contributed by atoms with Gasteiger partial charge in [0.1, 0.15) is 23.7 Å². The summed E-state index contributed by atoms with van der Waals surface area (Å²) in [6.07, 6.45) is -18.0. The van der Waals surface area contributed by atoms with Crippen LogP contribution in [-0.2, 0) is 22.4 Å². The van der Waals surface area contributed by atoms with Crippen LogP contribution in [0.15, 0.2) is 146 Å². The lowest BCUT2D eigenvalue weighted by atomic mass is 9.66. The molecule has 0 bridgehead atoms. The lowest BCUT2D eigenvalue weighted by molar-refractivity contribution is -0.253. The van der Waals surface area contributed by atoms with Crippen molar-refractivity contribution < 1.29 is 92.9 Å². The van der Waals surface area contributed by atoms with Crippen molar-refractivity contribution >= 4 is 47.0 Å². The Balaban J connectivity index is 1.21. The number of rotatable bonds is 24. The van der Waals surface area contributed by atoms with Crippen molar-refractivity contribution in [3.8, 4) is 34.5 Å². The van der Waals surface area contributed by atoms with Crippen LogP contribution >= 0.6 is 0 Å². The van der Waals surface area contributed by atoms with Crippen molar-refractivity contribution in [3.05, 3.63) is 179 Å². The fourth-order valence-corrected chi connectivity index (χ4v) is 7.50. The first-order chi connectivity index (χ1) is 36.4. The molecule has 0 fully saturated rings. The van der Waals surface area contributed by atoms with Gasteiger partial charge in [-0.2, -0.15) is 35.1 Å². The standard InChI is InChI=1S/C55H46F8N2O12/c1-72-45-27-35(13-25-43(45)76-54(60,61)51(56)57)49(70)74-39-19-7-31(8-20-39)11-23-41(66)47(68)53(29-33-3-15-37(64)16-4-33,30-34-5-17-38(65)18-6-34)48(69)42(67)24-12-32-9-21-40(22-10-32)75-50(71)36-14-26-44(46(28-36)73-2)77-55(62,63)52(58)59/h3-28,47-48,51-52,68-69H,29-30,64-65H2,1-2H3/b23-11+,24-12+. The summed E-state index contributed by atoms with van der Waals surface area (Å²) >= 11 is 0. The summed E-state index contributed by atoms with van der Waals surface area (Å²) in [6, 6.07) is 29.3. The zero-order chi connectivity index (χ0) is 56.2. The first-order valence-electron chi connectivity index (χ1n) is 22.6. The lowest BCUT2D eigenvalue weighted by Crippen LogP contribution is -2.54. The topological polar surface area (TPSA) is 216 Å². The third kappa shape index (κ3) is 14.8. The SMILES string of the molecule is COc1cc(C(=O)Oc2ccc(/C=C/C(=O)C(O)C(Cc3ccc(N)cc3)(Cc3ccc(N)cc3)C(O)C(=O)/C=C/c3ccc(OC(=O)c4ccc(OC(F)(F)C(F)F)c(OC)c4)cc3)cc2)ccc1OC(F)(F)C(F)F. The molecule has 0 radical (unpaired) electrons. The summed E-state index contributed by atoms with van der Waals surface area (Å²) < 4.78 is 134. The number of carbonyl (C=O) groups is 4. The van der Waals surface area contributed by atoms with Crippen LogP contribution < -0.4 is 39.9 Å². The normalized spacial score (nSPS) is 12.9. The first-order valence-corrected chi connectivity index (χ1v) is 22.6. The molecule has 0 aliphatic carbocycles. The molecule has 77 heavy (non-hydrogen) atoms. The number of methoxy groups -OCH3 is 2. The van der Waals surface area contributed by atoms with Crippen molar-refractivity contribution in [1.29, 1.82) is 0 Å². The Bertz CT molecular complexity index is 2890. The molecule has 0 spiro atoms. The third-order valence-corrected chi connectivity index (χ3v) is 11.5. The minimum absolute atomic E-state index is 0.0222. The molecule has 6 aromatic carbocycles. The molecule has 2 unspecified atom stereocenters. The molecule has 6 aromatic rings. The fourth-order valence-electron chi connectivity index (χ4n) is 7.50. The van der Waals surface area contributed by atoms with Gasteiger partial charge in [-0.05, 0) is 132 Å². The summed E-state index contributed by atoms with van der Waals surface area (Å²) in [5.74, 6) is -6.35. The van der Waals surface area contributed by atoms with Crippen molar-refractivity contribution in [1.82, 2.24) is 0 Å². The monoisotopic (exact) mass is 1080 g/mol. The second-order valence-corrected chi connectivity index (χ2v) is 16.9. The summed E-state index contributed by atoms with van der Waals surface area (Å²) in [5, 5.41) is 24.4. The van der Waals surface area contributed by atoms with Gasteiger partial charge in [0.05, 0.1) is 25.3 Å². The van der Waals surface area contributed by atoms with Gasteiger partial charge in [-0.15, -0.1) is 0 Å². The van der Waals surface area contributed by atoms with E-state index in [1.54, 1.807) is 48.5 Å². The highest BCUT2D eigenvalue weighted by molar-refractivity contribution is 6.01. The molecule has 0 aromatic heterocycles. The number of carbonyl (C=O) groups excluding carboxylic acids is 4. The number of ketones is 2. The summed E-state index contributed by atoms with van der Waals surface area (Å²) in [5.41, 5.74) is 11.9. The van der Waals surface area contributed by atoms with Crippen molar-refractivity contribution in [3.63, 3.8) is 0 Å². The number of anilines is 2. The van der Waals surface area contributed by atoms with Gasteiger partial charge in [0.25, 0.3) is 0 Å². The molecule has 404 valence electrons. The Morgan fingerprint density at radius 1 is 0.506 bits per heavy atom. The Morgan fingerprint density at radius 3 is 1.16 bits per heavy atom. The molecule has 2 atom stereocenters. The highest BCUT2D eigenvalue weighted by atomic mass is 19.3. The first kappa shape index (κ1) is 57.5. The zero-order valence-corrected chi connectivity index (χ0v) is 40.4. The van der Waals surface area contributed by atoms with Crippen LogP contribution in [0.2, 0.25) is 0 Å². The molecule has 0 amide bonds. The molecule has 0 aliphatic rings. The number of hydrogen-bond acceptors (Lipinski definition) is 14. The maximum absolute atomic E-state index is 14.1. The molecular formula is C55H46F8N2O12. The second kappa shape index (κ2) is 24.7. The van der Waals surface area contributed by atoms with Gasteiger partial charge in [0.15, 0.2) is 34.6 Å². The smallest absolute Gasteiger partial charge is 0.461 e. The van der Waals surface area contributed by atoms with Gasteiger partial charge in [-0.1, -0.05) is 60.7 Å². The van der Waals surface area contributed by atoms with E-state index < -0.39 is 89.2 Å². The van der Waals surface area contributed by atoms with Gasteiger partial charge in [0.2, 0.25) is 0 Å². The van der Waals surface area contributed by atoms with E-state index in [1.807, 2.05) is 0 Å². The van der Waals surface area contributed by atoms with Crippen molar-refractivity contribution in [2.75, 3.05) is 25.7 Å². The van der Waals surface area contributed by atoms with Crippen molar-refractivity contribution in [2.24, 2.45) is 5.41 Å². The van der Waals surface area contributed by atoms with Crippen LogP contribution in [0.1, 0.15) is 43.0 Å². The third-order valence-electron chi connectivity index (χ3n) is 11.5. The van der Waals surface area contributed by atoms with E-state index in [9.17, 15) is 64.5 Å². The molecular weight excluding hydrogens is 1030 g/mol. The number of aliphatic hydroxyl groups excluding tert-OH is 2. The van der Waals surface area contributed by atoms with E-state index in [0.29, 0.717) is 33.6 Å². The number of nitrogen functional groups attached to an aromatic ring is 2. The van der Waals surface area contributed by atoms with Gasteiger partial charge in [-0.25, -0.2) is 9.59 Å². The highest BCUT2D eigenvalue weighted by Crippen LogP contribution is 2.40. The number of halogens is 8. The van der Waals surface area contributed by atoms with E-state index in [4.69, 9.17) is 30.4 Å². The van der Waals surface area contributed by atoms with Gasteiger partial charge >= 0.3 is 37.0 Å². The highest BCUT2D eigenvalue weighted by Gasteiger charge is 2.50. The van der Waals surface area contributed by atoms with Crippen LogP contribution in [0.25, 0.3) is 12.2 Å². The molecule has 6 rings (SSSR count). The Kier molecular flexibility index (Phi) is 18.5. The van der Waals surface area contributed by atoms with E-state index in [-0.39, 0.29) is 35.5 Å². The predicted octanol–water partition coefficient (Wildman–Crippen LogP) is 9.84. The lowest BCUT2D eigenvalue weighted by Gasteiger charge is -2.40. The number of nitrogens with two attached hydrogens (primary N) is 2. The van der Waals surface area contributed by atoms with Crippen LogP contribution in [0.3, 0.4) is 0 Å². The van der Waals surface area contributed by atoms with Crippen LogP contribution in [0.4, 0.5) is 46.5 Å². The Hall–Kier alpha value is -8.76. The predicted molar refractivity (Wildman–Crippen MR) is 264 cm³/mol. The van der Waals surface area contributed by atoms with E-state index in [1.165, 1.54) is 60.7 Å². The largest absolute Gasteiger partial charge is 0.493 e. The summed E-state index contributed by atoms with van der Waals surface area (Å²) in [6.45, 7) is 0. The molecule has 14 nitrogen and oxygen atoms in total. The Morgan fingerprint density at radius 2 is 0.844 bits per heavy atom. The number of alkyl halides is 8. The average Bonchev–Trinajstić information content (AvgIpc) is 3.41. The number of aliphatic hydroxyl groups is 2. The van der Waals surface area contributed by atoms with Crippen LogP contribution in [0.5, 0.6) is 34.5 Å². The average molecular weight is 1080 g/mol. The molecule has 0 saturated heterocycles. The Labute approximate surface area is 433 Å². The summed E-state index contributed by atoms with van der Waals surface area (Å²) in [4.78, 5) is 54.2. The maximum atomic E-state index is 14.1. The van der Waals surface area contributed by atoms with Gasteiger partial charge < -0.3 is 50.1 Å². The number of ether oxygens (including phenoxy) is 6. The molecule has 22 heteroatoms. The number of hydrogen-bond donors (Lipinski definition) is 4. The van der Waals surface area contributed by atoms with Crippen molar-refractivity contribution in [2.45, 2.75) is 50.1 Å². The van der Waals surface area contributed by atoms with E-state index in [0.717, 1.165) is 62.8 Å². The molecule has 0 aliphatic heterocycles.